The van der Waals surface area contributed by atoms with Gasteiger partial charge in [-0.2, -0.15) is 0 Å². The minimum absolute atomic E-state index is 0.191. The molecule has 0 bridgehead atoms. The van der Waals surface area contributed by atoms with Gasteiger partial charge in [-0.05, 0) is 0 Å². The van der Waals surface area contributed by atoms with E-state index in [1.54, 1.807) is 0 Å². The Kier molecular flexibility index (Phi) is 3.08. The average Bonchev–Trinajstić information content (AvgIpc) is 2.71. The molecule has 2 N–H and O–H groups in total. The summed E-state index contributed by atoms with van der Waals surface area (Å²) in [6.07, 6.45) is -0.523. The molecule has 1 rings (SSSR count). The highest BCUT2D eigenvalue weighted by atomic mass is 16.6. The van der Waals surface area contributed by atoms with Crippen LogP contribution in [-0.2, 0) is 9.47 Å². The minimum Gasteiger partial charge on any atom is -0.394 e. The maximum Gasteiger partial charge on any atom is 0.104 e. The van der Waals surface area contributed by atoms with Crippen molar-refractivity contribution in [3.63, 3.8) is 0 Å². The van der Waals surface area contributed by atoms with Crippen LogP contribution in [0.25, 0.3) is 0 Å². The highest BCUT2D eigenvalue weighted by Crippen LogP contribution is 2.08. The first kappa shape index (κ1) is 7.94. The van der Waals surface area contributed by atoms with Crippen LogP contribution in [0.3, 0.4) is 0 Å². The van der Waals surface area contributed by atoms with Gasteiger partial charge < -0.3 is 19.7 Å². The molecule has 2 atom stereocenters. The van der Waals surface area contributed by atoms with E-state index in [0.29, 0.717) is 6.61 Å². The molecule has 1 saturated heterocycles. The monoisotopic (exact) mass is 148 g/mol. The van der Waals surface area contributed by atoms with Crippen molar-refractivity contribution in [1.29, 1.82) is 0 Å². The molecule has 1 aliphatic rings. The lowest BCUT2D eigenvalue weighted by Crippen LogP contribution is -2.20. The van der Waals surface area contributed by atoms with Gasteiger partial charge in [-0.3, -0.25) is 0 Å². The zero-order chi connectivity index (χ0) is 7.40. The number of hydrogen-bond acceptors (Lipinski definition) is 4. The smallest absolute Gasteiger partial charge is 0.104 e. The van der Waals surface area contributed by atoms with E-state index in [4.69, 9.17) is 19.7 Å². The highest BCUT2D eigenvalue weighted by Gasteiger charge is 2.22. The Morgan fingerprint density at radius 3 is 2.90 bits per heavy atom. The average molecular weight is 148 g/mol. The van der Waals surface area contributed by atoms with Crippen LogP contribution < -0.4 is 0 Å². The van der Waals surface area contributed by atoms with Crippen LogP contribution >= 0.6 is 0 Å². The van der Waals surface area contributed by atoms with Crippen molar-refractivity contribution in [3.05, 3.63) is 0 Å². The van der Waals surface area contributed by atoms with Crippen LogP contribution in [0, 0.1) is 0 Å². The molecule has 1 heterocycles. The molecule has 0 amide bonds. The zero-order valence-electron chi connectivity index (χ0n) is 5.69. The predicted octanol–water partition coefficient (Wildman–Crippen LogP) is -1.24. The van der Waals surface area contributed by atoms with Crippen LogP contribution in [0.1, 0.15) is 0 Å². The molecule has 1 aliphatic heterocycles. The molecule has 1 fully saturated rings. The number of aliphatic hydroxyl groups excluding tert-OH is 2. The van der Waals surface area contributed by atoms with Crippen molar-refractivity contribution in [3.8, 4) is 0 Å². The SMILES string of the molecule is OCC(O)COCC1CO1. The van der Waals surface area contributed by atoms with E-state index in [1.807, 2.05) is 0 Å². The van der Waals surface area contributed by atoms with Crippen molar-refractivity contribution in [1.82, 2.24) is 0 Å². The molecule has 10 heavy (non-hydrogen) atoms. The standard InChI is InChI=1S/C6H12O4/c7-1-5(8)2-9-3-6-4-10-6/h5-8H,1-4H2. The van der Waals surface area contributed by atoms with Crippen LogP contribution in [0.4, 0.5) is 0 Å². The minimum atomic E-state index is -0.751. The van der Waals surface area contributed by atoms with Crippen molar-refractivity contribution in [2.75, 3.05) is 26.4 Å². The molecule has 0 radical (unpaired) electrons. The van der Waals surface area contributed by atoms with Gasteiger partial charge >= 0.3 is 0 Å². The first-order chi connectivity index (χ1) is 4.83. The second-order valence-electron chi connectivity index (χ2n) is 2.33. The molecular weight excluding hydrogens is 136 g/mol. The maximum absolute atomic E-state index is 8.78. The second-order valence-corrected chi connectivity index (χ2v) is 2.33. The lowest BCUT2D eigenvalue weighted by atomic mass is 10.4. The topological polar surface area (TPSA) is 62.2 Å². The summed E-state index contributed by atoms with van der Waals surface area (Å²) in [5, 5.41) is 17.1. The predicted molar refractivity (Wildman–Crippen MR) is 33.7 cm³/mol. The van der Waals surface area contributed by atoms with E-state index in [2.05, 4.69) is 0 Å². The Morgan fingerprint density at radius 2 is 2.40 bits per heavy atom. The number of ether oxygens (including phenoxy) is 2. The molecule has 0 aromatic heterocycles. The van der Waals surface area contributed by atoms with Gasteiger partial charge in [-0.25, -0.2) is 0 Å². The van der Waals surface area contributed by atoms with Gasteiger partial charge in [0.25, 0.3) is 0 Å². The van der Waals surface area contributed by atoms with E-state index in [1.165, 1.54) is 0 Å². The van der Waals surface area contributed by atoms with Gasteiger partial charge in [0.05, 0.1) is 26.4 Å². The van der Waals surface area contributed by atoms with Gasteiger partial charge in [-0.1, -0.05) is 0 Å². The van der Waals surface area contributed by atoms with E-state index >= 15 is 0 Å². The Balaban J connectivity index is 1.83. The highest BCUT2D eigenvalue weighted by molar-refractivity contribution is 4.67. The largest absolute Gasteiger partial charge is 0.394 e. The summed E-state index contributed by atoms with van der Waals surface area (Å²) in [6.45, 7) is 1.23. The third-order valence-electron chi connectivity index (χ3n) is 1.23. The molecule has 4 heteroatoms. The third kappa shape index (κ3) is 3.12. The fourth-order valence-electron chi connectivity index (χ4n) is 0.552. The fourth-order valence-corrected chi connectivity index (χ4v) is 0.552. The summed E-state index contributed by atoms with van der Waals surface area (Å²) in [5.74, 6) is 0. The Hall–Kier alpha value is -0.160. The van der Waals surface area contributed by atoms with Crippen molar-refractivity contribution < 1.29 is 19.7 Å². The zero-order valence-corrected chi connectivity index (χ0v) is 5.69. The molecule has 0 aromatic rings. The van der Waals surface area contributed by atoms with Gasteiger partial charge in [0.1, 0.15) is 12.2 Å². The second kappa shape index (κ2) is 3.88. The number of rotatable bonds is 5. The van der Waals surface area contributed by atoms with Gasteiger partial charge in [0, 0.05) is 0 Å². The molecule has 0 aromatic carbocycles. The van der Waals surface area contributed by atoms with Crippen molar-refractivity contribution in [2.24, 2.45) is 0 Å². The van der Waals surface area contributed by atoms with Gasteiger partial charge in [0.2, 0.25) is 0 Å². The quantitative estimate of drug-likeness (QED) is 0.478. The lowest BCUT2D eigenvalue weighted by Gasteiger charge is -2.05. The van der Waals surface area contributed by atoms with Crippen molar-refractivity contribution >= 4 is 0 Å². The molecule has 0 saturated carbocycles. The van der Waals surface area contributed by atoms with E-state index in [0.717, 1.165) is 6.61 Å². The van der Waals surface area contributed by atoms with E-state index in [-0.39, 0.29) is 19.3 Å². The molecular formula is C6H12O4. The number of aliphatic hydroxyl groups is 2. The summed E-state index contributed by atoms with van der Waals surface area (Å²) in [5.41, 5.74) is 0. The Morgan fingerprint density at radius 1 is 1.70 bits per heavy atom. The summed E-state index contributed by atoms with van der Waals surface area (Å²) >= 11 is 0. The van der Waals surface area contributed by atoms with Crippen LogP contribution in [0.5, 0.6) is 0 Å². The van der Waals surface area contributed by atoms with Gasteiger partial charge in [-0.15, -0.1) is 0 Å². The summed E-state index contributed by atoms with van der Waals surface area (Å²) in [7, 11) is 0. The summed E-state index contributed by atoms with van der Waals surface area (Å²) in [4.78, 5) is 0. The van der Waals surface area contributed by atoms with Gasteiger partial charge in [0.15, 0.2) is 0 Å². The van der Waals surface area contributed by atoms with Crippen molar-refractivity contribution in [2.45, 2.75) is 12.2 Å². The molecule has 60 valence electrons. The van der Waals surface area contributed by atoms with Crippen LogP contribution in [0.2, 0.25) is 0 Å². The van der Waals surface area contributed by atoms with E-state index < -0.39 is 6.10 Å². The summed E-state index contributed by atoms with van der Waals surface area (Å²) in [6, 6.07) is 0. The lowest BCUT2D eigenvalue weighted by molar-refractivity contribution is 0.00216. The normalized spacial score (nSPS) is 26.4. The van der Waals surface area contributed by atoms with Crippen LogP contribution in [-0.4, -0.2) is 48.8 Å². The summed E-state index contributed by atoms with van der Waals surface area (Å²) < 4.78 is 9.83. The first-order valence-corrected chi connectivity index (χ1v) is 3.31. The molecule has 0 spiro atoms. The Bertz CT molecular complexity index is 91.7. The van der Waals surface area contributed by atoms with Crippen LogP contribution in [0.15, 0.2) is 0 Å². The Labute approximate surface area is 59.4 Å². The molecule has 4 nitrogen and oxygen atoms in total. The third-order valence-corrected chi connectivity index (χ3v) is 1.23. The number of hydrogen-bond donors (Lipinski definition) is 2. The van der Waals surface area contributed by atoms with E-state index in [9.17, 15) is 0 Å². The fraction of sp³-hybridized carbons (Fsp3) is 1.00. The number of epoxide rings is 1. The maximum atomic E-state index is 8.78. The molecule has 2 unspecified atom stereocenters. The molecule has 0 aliphatic carbocycles. The first-order valence-electron chi connectivity index (χ1n) is 3.31.